The molecule has 0 aliphatic carbocycles. The fourth-order valence-electron chi connectivity index (χ4n) is 1.76. The minimum absolute atomic E-state index is 0. The maximum absolute atomic E-state index is 12.2. The van der Waals surface area contributed by atoms with E-state index in [-0.39, 0.29) is 78.6 Å². The molecule has 2 rings (SSSR count). The van der Waals surface area contributed by atoms with Crippen molar-refractivity contribution in [3.8, 4) is 0 Å². The van der Waals surface area contributed by atoms with Gasteiger partial charge >= 0.3 is 0 Å². The van der Waals surface area contributed by atoms with Crippen molar-refractivity contribution in [2.24, 2.45) is 0 Å². The van der Waals surface area contributed by atoms with E-state index in [0.29, 0.717) is 11.1 Å². The Kier molecular flexibility index (Phi) is 11.4. The third-order valence-corrected chi connectivity index (χ3v) is 2.81. The van der Waals surface area contributed by atoms with E-state index in [1.54, 1.807) is 36.4 Å². The second kappa shape index (κ2) is 10.1. The smallest absolute Gasteiger partial charge is 0.198 e. The average Bonchev–Trinajstić information content (AvgIpc) is 2.40. The molecule has 0 saturated heterocycles. The molecular weight excluding hydrogens is 402 g/mol. The maximum Gasteiger partial charge on any atom is 0.198 e. The topological polar surface area (TPSA) is 37.3 Å². The van der Waals surface area contributed by atoms with Crippen LogP contribution in [0.25, 0.3) is 0 Å². The molecule has 0 fully saturated rings. The van der Waals surface area contributed by atoms with Crippen molar-refractivity contribution in [1.82, 2.24) is 0 Å². The molecule has 100 valence electrons. The molecule has 2 nitrogen and oxygen atoms in total. The minimum atomic E-state index is -1.48. The van der Waals surface area contributed by atoms with Crippen LogP contribution in [0.15, 0.2) is 60.7 Å². The van der Waals surface area contributed by atoms with Gasteiger partial charge in [-0.1, -0.05) is 60.7 Å². The number of Topliss-reactive ketones (excluding diaryl/α,β-unsaturated/α-hetero) is 1. The first-order valence-corrected chi connectivity index (χ1v) is 5.50. The number of aliphatic hydroxyl groups is 1. The monoisotopic (exact) mass is 419 g/mol. The van der Waals surface area contributed by atoms with Gasteiger partial charge in [-0.2, -0.15) is 0 Å². The van der Waals surface area contributed by atoms with Crippen molar-refractivity contribution in [1.29, 1.82) is 0 Å². The predicted molar refractivity (Wildman–Crippen MR) is 73.2 cm³/mol. The van der Waals surface area contributed by atoms with E-state index in [1.807, 2.05) is 24.3 Å². The molecule has 0 spiro atoms. The molecule has 2 aromatic rings. The van der Waals surface area contributed by atoms with Gasteiger partial charge in [-0.15, -0.1) is 0 Å². The summed E-state index contributed by atoms with van der Waals surface area (Å²) >= 11 is 0. The number of carbonyl (C=O) groups excluding carboxylic acids is 1. The van der Waals surface area contributed by atoms with E-state index in [0.717, 1.165) is 0 Å². The second-order valence-corrected chi connectivity index (χ2v) is 4.13. The molecule has 0 heterocycles. The van der Waals surface area contributed by atoms with Crippen LogP contribution in [0.1, 0.15) is 22.8 Å². The molecule has 2 aromatic carbocycles. The van der Waals surface area contributed by atoms with Crippen molar-refractivity contribution in [2.75, 3.05) is 0 Å². The van der Waals surface area contributed by atoms with Crippen LogP contribution in [0.4, 0.5) is 0 Å². The van der Waals surface area contributed by atoms with Crippen LogP contribution in [-0.4, -0.2) is 10.9 Å². The van der Waals surface area contributed by atoms with Gasteiger partial charge in [-0.05, 0) is 12.5 Å². The SMILES string of the molecule is CC(O)(C(=O)c1ccccc1)c1ccccc1.[CH3-].[Y].[Y]. The third-order valence-electron chi connectivity index (χ3n) is 2.81. The predicted octanol–water partition coefficient (Wildman–Crippen LogP) is 3.22. The zero-order valence-corrected chi connectivity index (χ0v) is 17.5. The van der Waals surface area contributed by atoms with E-state index >= 15 is 0 Å². The van der Waals surface area contributed by atoms with Crippen LogP contribution in [-0.2, 0) is 71.0 Å². The number of rotatable bonds is 3. The van der Waals surface area contributed by atoms with Crippen LogP contribution in [0, 0.1) is 7.43 Å². The Balaban J connectivity index is 0. The van der Waals surface area contributed by atoms with E-state index in [9.17, 15) is 9.90 Å². The van der Waals surface area contributed by atoms with Crippen molar-refractivity contribution < 1.29 is 75.3 Å². The molecule has 0 amide bonds. The van der Waals surface area contributed by atoms with Crippen LogP contribution in [0.2, 0.25) is 0 Å². The number of hydrogen-bond donors (Lipinski definition) is 1. The fraction of sp³-hybridized carbons (Fsp3) is 0.125. The molecule has 0 bridgehead atoms. The van der Waals surface area contributed by atoms with Crippen LogP contribution >= 0.6 is 0 Å². The zero-order chi connectivity index (χ0) is 12.3. The van der Waals surface area contributed by atoms with E-state index in [2.05, 4.69) is 0 Å². The largest absolute Gasteiger partial charge is 0.377 e. The molecule has 2 radical (unpaired) electrons. The molecule has 4 heteroatoms. The summed E-state index contributed by atoms with van der Waals surface area (Å²) in [6.07, 6.45) is 0. The van der Waals surface area contributed by atoms with Gasteiger partial charge in [0.1, 0.15) is 5.60 Å². The van der Waals surface area contributed by atoms with Crippen LogP contribution in [0.5, 0.6) is 0 Å². The Bertz CT molecular complexity index is 511. The number of hydrogen-bond acceptors (Lipinski definition) is 2. The molecule has 0 aliphatic heterocycles. The molecule has 0 saturated carbocycles. The van der Waals surface area contributed by atoms with E-state index < -0.39 is 5.60 Å². The zero-order valence-electron chi connectivity index (χ0n) is 11.8. The van der Waals surface area contributed by atoms with E-state index in [1.165, 1.54) is 6.92 Å². The Morgan fingerprint density at radius 1 is 0.900 bits per heavy atom. The molecule has 1 atom stereocenters. The van der Waals surface area contributed by atoms with Gasteiger partial charge < -0.3 is 12.5 Å². The summed E-state index contributed by atoms with van der Waals surface area (Å²) in [5.41, 5.74) is -0.363. The maximum atomic E-state index is 12.2. The molecular formula is C16H17O2Y2-. The Morgan fingerprint density at radius 3 is 1.75 bits per heavy atom. The van der Waals surface area contributed by atoms with Crippen molar-refractivity contribution in [2.45, 2.75) is 12.5 Å². The quantitative estimate of drug-likeness (QED) is 0.613. The normalized spacial score (nSPS) is 11.9. The van der Waals surface area contributed by atoms with Crippen LogP contribution < -0.4 is 0 Å². The van der Waals surface area contributed by atoms with Gasteiger partial charge in [0, 0.05) is 71.0 Å². The van der Waals surface area contributed by atoms with Crippen molar-refractivity contribution >= 4 is 5.78 Å². The van der Waals surface area contributed by atoms with Gasteiger partial charge in [-0.25, -0.2) is 0 Å². The average molecular weight is 419 g/mol. The summed E-state index contributed by atoms with van der Waals surface area (Å²) in [4.78, 5) is 12.2. The first-order valence-electron chi connectivity index (χ1n) is 5.50. The molecule has 20 heavy (non-hydrogen) atoms. The molecule has 0 aromatic heterocycles. The van der Waals surface area contributed by atoms with Gasteiger partial charge in [0.2, 0.25) is 0 Å². The third kappa shape index (κ3) is 5.24. The Morgan fingerprint density at radius 2 is 1.30 bits per heavy atom. The number of carbonyl (C=O) groups is 1. The van der Waals surface area contributed by atoms with Crippen LogP contribution in [0.3, 0.4) is 0 Å². The van der Waals surface area contributed by atoms with Crippen molar-refractivity contribution in [3.05, 3.63) is 79.2 Å². The fourth-order valence-corrected chi connectivity index (χ4v) is 1.76. The molecule has 1 N–H and O–H groups in total. The standard InChI is InChI=1S/C15H14O2.CH3.2Y/c1-15(17,13-10-6-3-7-11-13)14(16)12-8-4-2-5-9-12;;;/h2-11,17H,1H3;1H3;;/q;-1;;. The summed E-state index contributed by atoms with van der Waals surface area (Å²) in [6, 6.07) is 17.8. The Labute approximate surface area is 171 Å². The number of ketones is 1. The molecule has 0 aliphatic rings. The summed E-state index contributed by atoms with van der Waals surface area (Å²) in [5, 5.41) is 10.4. The summed E-state index contributed by atoms with van der Waals surface area (Å²) in [5.74, 6) is -0.288. The van der Waals surface area contributed by atoms with Gasteiger partial charge in [0.15, 0.2) is 5.78 Å². The first-order chi connectivity index (χ1) is 8.12. The molecule has 1 unspecified atom stereocenters. The van der Waals surface area contributed by atoms with Gasteiger partial charge in [-0.3, -0.25) is 4.79 Å². The summed E-state index contributed by atoms with van der Waals surface area (Å²) in [7, 11) is 0. The summed E-state index contributed by atoms with van der Waals surface area (Å²) in [6.45, 7) is 1.53. The summed E-state index contributed by atoms with van der Waals surface area (Å²) < 4.78 is 0. The van der Waals surface area contributed by atoms with Gasteiger partial charge in [0.25, 0.3) is 0 Å². The first kappa shape index (κ1) is 22.6. The Hall–Kier alpha value is 0.278. The number of benzene rings is 2. The van der Waals surface area contributed by atoms with E-state index in [4.69, 9.17) is 0 Å². The van der Waals surface area contributed by atoms with Gasteiger partial charge in [0.05, 0.1) is 0 Å². The second-order valence-electron chi connectivity index (χ2n) is 4.13. The van der Waals surface area contributed by atoms with Crippen molar-refractivity contribution in [3.63, 3.8) is 0 Å². The minimum Gasteiger partial charge on any atom is -0.377 e.